The van der Waals surface area contributed by atoms with Crippen LogP contribution in [0, 0.1) is 6.92 Å². The Hall–Kier alpha value is -2.82. The molecule has 0 unspecified atom stereocenters. The van der Waals surface area contributed by atoms with Crippen molar-refractivity contribution in [2.75, 3.05) is 5.32 Å². The molecule has 1 aromatic heterocycles. The van der Waals surface area contributed by atoms with Crippen molar-refractivity contribution in [3.05, 3.63) is 53.7 Å². The molecule has 0 fully saturated rings. The maximum absolute atomic E-state index is 12.2. The van der Waals surface area contributed by atoms with Crippen LogP contribution in [0.25, 0.3) is 10.9 Å². The molecule has 0 saturated heterocycles. The molecule has 0 aliphatic carbocycles. The SMILES string of the molecule is Cc1cc(NC(=O)c2n[nH]c3ccccc23)ccc1O. The number of nitrogens with zero attached hydrogens (tertiary/aromatic N) is 1. The molecule has 0 saturated carbocycles. The maximum Gasteiger partial charge on any atom is 0.276 e. The van der Waals surface area contributed by atoms with Crippen LogP contribution in [0.3, 0.4) is 0 Å². The standard InChI is InChI=1S/C15H13N3O2/c1-9-8-10(6-7-13(9)19)16-15(20)14-11-4-2-3-5-12(11)17-18-14/h2-8,19H,1H3,(H,16,20)(H,17,18). The number of anilines is 1. The highest BCUT2D eigenvalue weighted by Crippen LogP contribution is 2.21. The summed E-state index contributed by atoms with van der Waals surface area (Å²) in [7, 11) is 0. The number of carbonyl (C=O) groups excluding carboxylic acids is 1. The van der Waals surface area contributed by atoms with Gasteiger partial charge in [-0.15, -0.1) is 0 Å². The lowest BCUT2D eigenvalue weighted by Gasteiger charge is -2.05. The lowest BCUT2D eigenvalue weighted by molar-refractivity contribution is 0.102. The number of aromatic amines is 1. The quantitative estimate of drug-likeness (QED) is 0.625. The second-order valence-electron chi connectivity index (χ2n) is 4.57. The summed E-state index contributed by atoms with van der Waals surface area (Å²) in [5.41, 5.74) is 2.50. The molecule has 100 valence electrons. The van der Waals surface area contributed by atoms with Gasteiger partial charge in [-0.25, -0.2) is 0 Å². The fourth-order valence-electron chi connectivity index (χ4n) is 2.06. The van der Waals surface area contributed by atoms with Crippen molar-refractivity contribution in [1.82, 2.24) is 10.2 Å². The molecule has 0 radical (unpaired) electrons. The Bertz CT molecular complexity index is 793. The van der Waals surface area contributed by atoms with Gasteiger partial charge < -0.3 is 10.4 Å². The number of aromatic nitrogens is 2. The molecule has 0 spiro atoms. The maximum atomic E-state index is 12.2. The minimum Gasteiger partial charge on any atom is -0.508 e. The molecule has 3 rings (SSSR count). The number of hydrogen-bond donors (Lipinski definition) is 3. The number of hydrogen-bond acceptors (Lipinski definition) is 3. The minimum absolute atomic E-state index is 0.202. The summed E-state index contributed by atoms with van der Waals surface area (Å²) in [5.74, 6) is -0.0826. The first-order valence-corrected chi connectivity index (χ1v) is 6.19. The smallest absolute Gasteiger partial charge is 0.276 e. The van der Waals surface area contributed by atoms with E-state index >= 15 is 0 Å². The van der Waals surface area contributed by atoms with Gasteiger partial charge in [0.05, 0.1) is 5.52 Å². The van der Waals surface area contributed by atoms with Gasteiger partial charge >= 0.3 is 0 Å². The van der Waals surface area contributed by atoms with E-state index in [1.165, 1.54) is 0 Å². The van der Waals surface area contributed by atoms with Gasteiger partial charge in [0.15, 0.2) is 5.69 Å². The largest absolute Gasteiger partial charge is 0.508 e. The molecule has 0 bridgehead atoms. The van der Waals surface area contributed by atoms with E-state index in [0.717, 1.165) is 10.9 Å². The highest BCUT2D eigenvalue weighted by atomic mass is 16.3. The third-order valence-electron chi connectivity index (χ3n) is 3.14. The number of H-pyrrole nitrogens is 1. The summed E-state index contributed by atoms with van der Waals surface area (Å²) in [5, 5.41) is 19.9. The van der Waals surface area contributed by atoms with Crippen molar-refractivity contribution in [2.24, 2.45) is 0 Å². The van der Waals surface area contributed by atoms with Gasteiger partial charge in [-0.05, 0) is 36.8 Å². The average molecular weight is 267 g/mol. The van der Waals surface area contributed by atoms with Gasteiger partial charge in [0, 0.05) is 11.1 Å². The van der Waals surface area contributed by atoms with Gasteiger partial charge in [-0.2, -0.15) is 5.10 Å². The second-order valence-corrected chi connectivity index (χ2v) is 4.57. The number of aryl methyl sites for hydroxylation is 1. The van der Waals surface area contributed by atoms with Crippen molar-refractivity contribution in [3.8, 4) is 5.75 Å². The lowest BCUT2D eigenvalue weighted by Crippen LogP contribution is -2.12. The monoisotopic (exact) mass is 267 g/mol. The van der Waals surface area contributed by atoms with Gasteiger partial charge in [-0.1, -0.05) is 18.2 Å². The third-order valence-corrected chi connectivity index (χ3v) is 3.14. The molecule has 1 amide bonds. The Morgan fingerprint density at radius 1 is 1.25 bits per heavy atom. The first-order chi connectivity index (χ1) is 9.65. The van der Waals surface area contributed by atoms with Gasteiger partial charge in [0.25, 0.3) is 5.91 Å². The normalized spacial score (nSPS) is 10.7. The number of phenols is 1. The average Bonchev–Trinajstić information content (AvgIpc) is 2.87. The number of nitrogens with one attached hydrogen (secondary N) is 2. The van der Waals surface area contributed by atoms with E-state index in [4.69, 9.17) is 0 Å². The summed E-state index contributed by atoms with van der Waals surface area (Å²) in [6, 6.07) is 12.4. The molecule has 1 heterocycles. The molecular formula is C15H13N3O2. The highest BCUT2D eigenvalue weighted by molar-refractivity contribution is 6.11. The van der Waals surface area contributed by atoms with Crippen LogP contribution >= 0.6 is 0 Å². The summed E-state index contributed by atoms with van der Waals surface area (Å²) in [6.07, 6.45) is 0. The second kappa shape index (κ2) is 4.70. The predicted octanol–water partition coefficient (Wildman–Crippen LogP) is 2.83. The summed E-state index contributed by atoms with van der Waals surface area (Å²) in [6.45, 7) is 1.77. The number of fused-ring (bicyclic) bond motifs is 1. The number of phenolic OH excluding ortho intramolecular Hbond substituents is 1. The summed E-state index contributed by atoms with van der Waals surface area (Å²) < 4.78 is 0. The van der Waals surface area contributed by atoms with E-state index in [1.54, 1.807) is 25.1 Å². The molecule has 3 aromatic rings. The number of benzene rings is 2. The van der Waals surface area contributed by atoms with E-state index in [9.17, 15) is 9.90 Å². The van der Waals surface area contributed by atoms with Crippen molar-refractivity contribution >= 4 is 22.5 Å². The number of rotatable bonds is 2. The Morgan fingerprint density at radius 2 is 2.05 bits per heavy atom. The minimum atomic E-state index is -0.285. The third kappa shape index (κ3) is 2.09. The Morgan fingerprint density at radius 3 is 2.85 bits per heavy atom. The van der Waals surface area contributed by atoms with Crippen LogP contribution in [0.15, 0.2) is 42.5 Å². The number of para-hydroxylation sites is 1. The fourth-order valence-corrected chi connectivity index (χ4v) is 2.06. The number of amides is 1. The van der Waals surface area contributed by atoms with Crippen molar-refractivity contribution in [2.45, 2.75) is 6.92 Å². The number of aromatic hydroxyl groups is 1. The first kappa shape index (κ1) is 12.2. The Balaban J connectivity index is 1.91. The molecule has 2 aromatic carbocycles. The zero-order valence-electron chi connectivity index (χ0n) is 10.8. The number of carbonyl (C=O) groups is 1. The van der Waals surface area contributed by atoms with Crippen molar-refractivity contribution < 1.29 is 9.90 Å². The van der Waals surface area contributed by atoms with Crippen molar-refractivity contribution in [3.63, 3.8) is 0 Å². The molecule has 5 heteroatoms. The molecular weight excluding hydrogens is 254 g/mol. The van der Waals surface area contributed by atoms with Crippen LogP contribution in [0.1, 0.15) is 16.1 Å². The summed E-state index contributed by atoms with van der Waals surface area (Å²) in [4.78, 5) is 12.2. The molecule has 0 aliphatic heterocycles. The zero-order valence-corrected chi connectivity index (χ0v) is 10.8. The van der Waals surface area contributed by atoms with Gasteiger partial charge in [0.2, 0.25) is 0 Å². The molecule has 0 atom stereocenters. The Labute approximate surface area is 115 Å². The van der Waals surface area contributed by atoms with Gasteiger partial charge in [-0.3, -0.25) is 9.89 Å². The summed E-state index contributed by atoms with van der Waals surface area (Å²) >= 11 is 0. The first-order valence-electron chi connectivity index (χ1n) is 6.19. The topological polar surface area (TPSA) is 78.0 Å². The molecule has 20 heavy (non-hydrogen) atoms. The molecule has 3 N–H and O–H groups in total. The molecule has 0 aliphatic rings. The van der Waals surface area contributed by atoms with Crippen LogP contribution in [-0.2, 0) is 0 Å². The van der Waals surface area contributed by atoms with E-state index in [2.05, 4.69) is 15.5 Å². The zero-order chi connectivity index (χ0) is 14.1. The van der Waals surface area contributed by atoms with Crippen LogP contribution in [0.5, 0.6) is 5.75 Å². The van der Waals surface area contributed by atoms with Crippen LogP contribution < -0.4 is 5.32 Å². The van der Waals surface area contributed by atoms with E-state index < -0.39 is 0 Å². The van der Waals surface area contributed by atoms with Crippen molar-refractivity contribution in [1.29, 1.82) is 0 Å². The lowest BCUT2D eigenvalue weighted by atomic mass is 10.2. The predicted molar refractivity (Wildman–Crippen MR) is 76.9 cm³/mol. The fraction of sp³-hybridized carbons (Fsp3) is 0.0667. The van der Waals surface area contributed by atoms with Crippen LogP contribution in [0.4, 0.5) is 5.69 Å². The highest BCUT2D eigenvalue weighted by Gasteiger charge is 2.14. The van der Waals surface area contributed by atoms with Gasteiger partial charge in [0.1, 0.15) is 5.75 Å². The van der Waals surface area contributed by atoms with E-state index in [-0.39, 0.29) is 11.7 Å². The Kier molecular flexibility index (Phi) is 2.87. The van der Waals surface area contributed by atoms with E-state index in [1.807, 2.05) is 24.3 Å². The van der Waals surface area contributed by atoms with Crippen LogP contribution in [0.2, 0.25) is 0 Å². The van der Waals surface area contributed by atoms with Crippen LogP contribution in [-0.4, -0.2) is 21.2 Å². The van der Waals surface area contributed by atoms with E-state index in [0.29, 0.717) is 16.9 Å². The molecule has 5 nitrogen and oxygen atoms in total.